The molecule has 0 saturated heterocycles. The van der Waals surface area contributed by atoms with E-state index in [9.17, 15) is 20.1 Å². The molecule has 0 heterocycles. The van der Waals surface area contributed by atoms with Crippen molar-refractivity contribution in [2.24, 2.45) is 11.8 Å². The molecule has 0 aliphatic heterocycles. The number of aliphatic carboxylic acids is 1. The average Bonchev–Trinajstić information content (AvgIpc) is 2.71. The van der Waals surface area contributed by atoms with E-state index in [0.717, 1.165) is 19.3 Å². The Bertz CT molecular complexity index is 374. The predicted octanol–water partition coefficient (Wildman–Crippen LogP) is 5.30. The normalized spacial score (nSPS) is 15.8. The van der Waals surface area contributed by atoms with Gasteiger partial charge in [-0.2, -0.15) is 0 Å². The van der Waals surface area contributed by atoms with Crippen LogP contribution in [0.4, 0.5) is 0 Å². The molecule has 0 saturated carbocycles. The van der Waals surface area contributed by atoms with Crippen LogP contribution in [0.3, 0.4) is 0 Å². The summed E-state index contributed by atoms with van der Waals surface area (Å²) in [5.74, 6) is -2.14. The molecule has 5 heteroatoms. The summed E-state index contributed by atoms with van der Waals surface area (Å²) in [4.78, 5) is 11.5. The number of aliphatic hydroxyl groups is 3. The van der Waals surface area contributed by atoms with E-state index < -0.39 is 36.6 Å². The van der Waals surface area contributed by atoms with Crippen molar-refractivity contribution in [3.05, 3.63) is 0 Å². The molecule has 0 aromatic heterocycles. The largest absolute Gasteiger partial charge is 0.481 e. The number of carboxylic acid groups (broad SMARTS) is 1. The molecule has 0 aromatic carbocycles. The molecule has 0 bridgehead atoms. The molecule has 0 spiro atoms. The molecule has 0 rings (SSSR count). The topological polar surface area (TPSA) is 98.0 Å². The molecule has 4 atom stereocenters. The van der Waals surface area contributed by atoms with Gasteiger partial charge in [0.05, 0.1) is 18.6 Å². The van der Waals surface area contributed by atoms with E-state index in [2.05, 4.69) is 6.92 Å². The number of aliphatic hydroxyl groups excluding tert-OH is 3. The summed E-state index contributed by atoms with van der Waals surface area (Å²) in [7, 11) is 0. The standard InChI is InChI=1S/C24H48O5/c1-3-5-6-7-8-9-10-11-12-13-14-15-16-17-18-21(20(4-2)24(28)29)23(27)22(26)19-25/h20-23,25-27H,3-19H2,1-2H3,(H,28,29)/t20-,21-,22-,23-/m0/s1. The van der Waals surface area contributed by atoms with E-state index in [-0.39, 0.29) is 0 Å². The van der Waals surface area contributed by atoms with E-state index in [1.807, 2.05) is 0 Å². The molecule has 0 aromatic rings. The second-order valence-corrected chi connectivity index (χ2v) is 8.64. The van der Waals surface area contributed by atoms with Crippen LogP contribution in [0.1, 0.15) is 117 Å². The van der Waals surface area contributed by atoms with Crippen molar-refractivity contribution in [1.29, 1.82) is 0 Å². The first-order valence-electron chi connectivity index (χ1n) is 12.2. The summed E-state index contributed by atoms with van der Waals surface area (Å²) < 4.78 is 0. The predicted molar refractivity (Wildman–Crippen MR) is 119 cm³/mol. The molecular formula is C24H48O5. The molecule has 29 heavy (non-hydrogen) atoms. The van der Waals surface area contributed by atoms with Crippen molar-refractivity contribution in [3.63, 3.8) is 0 Å². The zero-order chi connectivity index (χ0) is 21.9. The Hall–Kier alpha value is -0.650. The van der Waals surface area contributed by atoms with Crippen LogP contribution in [0.15, 0.2) is 0 Å². The molecular weight excluding hydrogens is 368 g/mol. The molecule has 0 aliphatic carbocycles. The van der Waals surface area contributed by atoms with Gasteiger partial charge in [-0.25, -0.2) is 0 Å². The van der Waals surface area contributed by atoms with Gasteiger partial charge in [0.25, 0.3) is 0 Å². The maximum absolute atomic E-state index is 11.5. The Morgan fingerprint density at radius 1 is 0.724 bits per heavy atom. The van der Waals surface area contributed by atoms with Crippen molar-refractivity contribution in [1.82, 2.24) is 0 Å². The van der Waals surface area contributed by atoms with Gasteiger partial charge in [-0.15, -0.1) is 0 Å². The van der Waals surface area contributed by atoms with Crippen molar-refractivity contribution >= 4 is 5.97 Å². The average molecular weight is 417 g/mol. The molecule has 0 amide bonds. The third kappa shape index (κ3) is 14.1. The van der Waals surface area contributed by atoms with Crippen molar-refractivity contribution in [2.75, 3.05) is 6.61 Å². The summed E-state index contributed by atoms with van der Waals surface area (Å²) >= 11 is 0. The number of carbonyl (C=O) groups is 1. The highest BCUT2D eigenvalue weighted by Gasteiger charge is 2.35. The van der Waals surface area contributed by atoms with Gasteiger partial charge in [-0.1, -0.05) is 104 Å². The van der Waals surface area contributed by atoms with E-state index in [1.54, 1.807) is 6.92 Å². The lowest BCUT2D eigenvalue weighted by Gasteiger charge is -2.30. The molecule has 5 nitrogen and oxygen atoms in total. The van der Waals surface area contributed by atoms with Gasteiger partial charge < -0.3 is 20.4 Å². The number of carboxylic acids is 1. The van der Waals surface area contributed by atoms with Crippen LogP contribution in [0.25, 0.3) is 0 Å². The second-order valence-electron chi connectivity index (χ2n) is 8.64. The molecule has 0 aliphatic rings. The van der Waals surface area contributed by atoms with Crippen LogP contribution in [0.2, 0.25) is 0 Å². The fourth-order valence-corrected chi connectivity index (χ4v) is 4.24. The van der Waals surface area contributed by atoms with Crippen molar-refractivity contribution < 1.29 is 25.2 Å². The summed E-state index contributed by atoms with van der Waals surface area (Å²) in [5, 5.41) is 38.5. The third-order valence-electron chi connectivity index (χ3n) is 6.18. The molecule has 0 radical (unpaired) electrons. The molecule has 4 N–H and O–H groups in total. The van der Waals surface area contributed by atoms with Gasteiger partial charge in [-0.3, -0.25) is 4.79 Å². The zero-order valence-electron chi connectivity index (χ0n) is 19.0. The third-order valence-corrected chi connectivity index (χ3v) is 6.18. The lowest BCUT2D eigenvalue weighted by molar-refractivity contribution is -0.148. The first kappa shape index (κ1) is 28.4. The van der Waals surface area contributed by atoms with Crippen LogP contribution in [0.5, 0.6) is 0 Å². The molecule has 174 valence electrons. The van der Waals surface area contributed by atoms with Crippen molar-refractivity contribution in [2.45, 2.75) is 129 Å². The second kappa shape index (κ2) is 19.3. The molecule has 0 fully saturated rings. The lowest BCUT2D eigenvalue weighted by Crippen LogP contribution is -2.41. The maximum Gasteiger partial charge on any atom is 0.306 e. The van der Waals surface area contributed by atoms with Crippen LogP contribution in [-0.2, 0) is 4.79 Å². The van der Waals surface area contributed by atoms with E-state index in [1.165, 1.54) is 70.6 Å². The Morgan fingerprint density at radius 2 is 1.14 bits per heavy atom. The monoisotopic (exact) mass is 416 g/mol. The van der Waals surface area contributed by atoms with Gasteiger partial charge in [0.15, 0.2) is 0 Å². The zero-order valence-corrected chi connectivity index (χ0v) is 19.0. The van der Waals surface area contributed by atoms with E-state index >= 15 is 0 Å². The van der Waals surface area contributed by atoms with Gasteiger partial charge >= 0.3 is 5.97 Å². The van der Waals surface area contributed by atoms with Gasteiger partial charge in [0.1, 0.15) is 6.10 Å². The maximum atomic E-state index is 11.5. The highest BCUT2D eigenvalue weighted by atomic mass is 16.4. The summed E-state index contributed by atoms with van der Waals surface area (Å²) in [6.07, 6.45) is 16.2. The van der Waals surface area contributed by atoms with Crippen LogP contribution < -0.4 is 0 Å². The van der Waals surface area contributed by atoms with Gasteiger partial charge in [0, 0.05) is 5.92 Å². The summed E-state index contributed by atoms with van der Waals surface area (Å²) in [6.45, 7) is 3.49. The Balaban J connectivity index is 3.86. The first-order valence-corrected chi connectivity index (χ1v) is 12.2. The number of hydrogen-bond acceptors (Lipinski definition) is 4. The van der Waals surface area contributed by atoms with Crippen LogP contribution in [-0.4, -0.2) is 45.2 Å². The SMILES string of the molecule is CCCCCCCCCCCCCCCC[C@H]([C@H](O)[C@@H](O)CO)[C@H](CC)C(=O)O. The molecule has 0 unspecified atom stereocenters. The Morgan fingerprint density at radius 3 is 1.48 bits per heavy atom. The summed E-state index contributed by atoms with van der Waals surface area (Å²) in [6, 6.07) is 0. The highest BCUT2D eigenvalue weighted by molar-refractivity contribution is 5.70. The lowest BCUT2D eigenvalue weighted by atomic mass is 9.80. The Kier molecular flexibility index (Phi) is 18.9. The minimum atomic E-state index is -1.28. The van der Waals surface area contributed by atoms with Gasteiger partial charge in [-0.05, 0) is 12.8 Å². The quantitative estimate of drug-likeness (QED) is 0.190. The van der Waals surface area contributed by atoms with Crippen molar-refractivity contribution in [3.8, 4) is 0 Å². The van der Waals surface area contributed by atoms with Crippen LogP contribution >= 0.6 is 0 Å². The highest BCUT2D eigenvalue weighted by Crippen LogP contribution is 2.28. The fraction of sp³-hybridized carbons (Fsp3) is 0.958. The van der Waals surface area contributed by atoms with Crippen LogP contribution in [0, 0.1) is 11.8 Å². The van der Waals surface area contributed by atoms with Gasteiger partial charge in [0.2, 0.25) is 0 Å². The minimum absolute atomic E-state index is 0.411. The smallest absolute Gasteiger partial charge is 0.306 e. The Labute approximate surface area is 178 Å². The summed E-state index contributed by atoms with van der Waals surface area (Å²) in [5.41, 5.74) is 0. The fourth-order valence-electron chi connectivity index (χ4n) is 4.24. The minimum Gasteiger partial charge on any atom is -0.481 e. The number of rotatable bonds is 21. The number of unbranched alkanes of at least 4 members (excludes halogenated alkanes) is 13. The number of hydrogen-bond donors (Lipinski definition) is 4. The van der Waals surface area contributed by atoms with E-state index in [4.69, 9.17) is 5.11 Å². The first-order chi connectivity index (χ1) is 14.0. The van der Waals surface area contributed by atoms with E-state index in [0.29, 0.717) is 12.8 Å².